The maximum absolute atomic E-state index is 12.1. The van der Waals surface area contributed by atoms with E-state index in [-0.39, 0.29) is 5.56 Å². The smallest absolute Gasteiger partial charge is 0.351 e. The van der Waals surface area contributed by atoms with Gasteiger partial charge in [-0.2, -0.15) is 13.2 Å². The summed E-state index contributed by atoms with van der Waals surface area (Å²) in [6.45, 7) is 3.86. The number of carbonyl (C=O) groups is 1. The number of Topliss-reactive ketones (excluding diaryl/α,β-unsaturated/α-hetero) is 1. The SMILES string of the molecule is CCn1ccc(C(=O)C(F)(F)F)c1C. The fourth-order valence-corrected chi connectivity index (χ4v) is 1.29. The van der Waals surface area contributed by atoms with Crippen molar-refractivity contribution in [2.45, 2.75) is 26.6 Å². The van der Waals surface area contributed by atoms with E-state index < -0.39 is 12.0 Å². The molecular formula is C9H10F3NO. The molecule has 1 rings (SSSR count). The molecule has 0 N–H and O–H groups in total. The van der Waals surface area contributed by atoms with E-state index in [1.807, 2.05) is 0 Å². The van der Waals surface area contributed by atoms with Crippen LogP contribution in [0.3, 0.4) is 0 Å². The molecule has 0 aliphatic rings. The maximum Gasteiger partial charge on any atom is 0.454 e. The van der Waals surface area contributed by atoms with E-state index >= 15 is 0 Å². The summed E-state index contributed by atoms with van der Waals surface area (Å²) in [5.41, 5.74) is 0.0918. The van der Waals surface area contributed by atoms with Crippen molar-refractivity contribution >= 4 is 5.78 Å². The number of ketones is 1. The molecule has 78 valence electrons. The van der Waals surface area contributed by atoms with E-state index in [9.17, 15) is 18.0 Å². The number of nitrogens with zero attached hydrogens (tertiary/aromatic N) is 1. The first kappa shape index (κ1) is 10.8. The van der Waals surface area contributed by atoms with Crippen LogP contribution < -0.4 is 0 Å². The zero-order valence-corrected chi connectivity index (χ0v) is 7.85. The van der Waals surface area contributed by atoms with Crippen LogP contribution in [0.2, 0.25) is 0 Å². The Morgan fingerprint density at radius 3 is 2.43 bits per heavy atom. The van der Waals surface area contributed by atoms with Gasteiger partial charge in [-0.15, -0.1) is 0 Å². The van der Waals surface area contributed by atoms with Crippen LogP contribution in [0.5, 0.6) is 0 Å². The molecule has 0 aromatic carbocycles. The van der Waals surface area contributed by atoms with Crippen LogP contribution in [-0.2, 0) is 6.54 Å². The summed E-state index contributed by atoms with van der Waals surface area (Å²) in [7, 11) is 0. The van der Waals surface area contributed by atoms with Gasteiger partial charge in [0, 0.05) is 24.0 Å². The van der Waals surface area contributed by atoms with Gasteiger partial charge in [0.2, 0.25) is 0 Å². The Bertz CT molecular complexity index is 351. The molecule has 1 aromatic rings. The molecular weight excluding hydrogens is 195 g/mol. The lowest BCUT2D eigenvalue weighted by Crippen LogP contribution is -2.23. The largest absolute Gasteiger partial charge is 0.454 e. The fraction of sp³-hybridized carbons (Fsp3) is 0.444. The van der Waals surface area contributed by atoms with Crippen LogP contribution in [0.1, 0.15) is 23.0 Å². The highest BCUT2D eigenvalue weighted by Gasteiger charge is 2.40. The second kappa shape index (κ2) is 3.48. The van der Waals surface area contributed by atoms with Crippen molar-refractivity contribution < 1.29 is 18.0 Å². The van der Waals surface area contributed by atoms with E-state index in [4.69, 9.17) is 0 Å². The summed E-state index contributed by atoms with van der Waals surface area (Å²) >= 11 is 0. The van der Waals surface area contributed by atoms with E-state index in [1.165, 1.54) is 19.2 Å². The molecule has 1 heterocycles. The first-order chi connectivity index (χ1) is 6.38. The number of aromatic nitrogens is 1. The zero-order valence-electron chi connectivity index (χ0n) is 7.85. The summed E-state index contributed by atoms with van der Waals surface area (Å²) in [4.78, 5) is 10.9. The van der Waals surface area contributed by atoms with E-state index in [1.54, 1.807) is 11.5 Å². The Kier molecular flexibility index (Phi) is 2.69. The van der Waals surface area contributed by atoms with Crippen molar-refractivity contribution in [1.82, 2.24) is 4.57 Å². The first-order valence-electron chi connectivity index (χ1n) is 4.15. The van der Waals surface area contributed by atoms with Gasteiger partial charge in [-0.05, 0) is 19.9 Å². The average molecular weight is 205 g/mol. The summed E-state index contributed by atoms with van der Waals surface area (Å²) in [5, 5.41) is 0. The van der Waals surface area contributed by atoms with Gasteiger partial charge in [-0.1, -0.05) is 0 Å². The number of hydrogen-bond donors (Lipinski definition) is 0. The van der Waals surface area contributed by atoms with E-state index in [2.05, 4.69) is 0 Å². The summed E-state index contributed by atoms with van der Waals surface area (Å²) in [6, 6.07) is 1.20. The highest BCUT2D eigenvalue weighted by atomic mass is 19.4. The van der Waals surface area contributed by atoms with Crippen molar-refractivity contribution in [3.63, 3.8) is 0 Å². The monoisotopic (exact) mass is 205 g/mol. The highest BCUT2D eigenvalue weighted by Crippen LogP contribution is 2.23. The van der Waals surface area contributed by atoms with Crippen LogP contribution in [0.4, 0.5) is 13.2 Å². The third-order valence-electron chi connectivity index (χ3n) is 2.08. The van der Waals surface area contributed by atoms with Gasteiger partial charge >= 0.3 is 6.18 Å². The van der Waals surface area contributed by atoms with E-state index in [0.29, 0.717) is 12.2 Å². The molecule has 0 saturated carbocycles. The van der Waals surface area contributed by atoms with Gasteiger partial charge in [0.05, 0.1) is 0 Å². The fourth-order valence-electron chi connectivity index (χ4n) is 1.29. The molecule has 0 aliphatic carbocycles. The molecule has 0 saturated heterocycles. The number of carbonyl (C=O) groups excluding carboxylic acids is 1. The lowest BCUT2D eigenvalue weighted by atomic mass is 10.1. The quantitative estimate of drug-likeness (QED) is 0.680. The van der Waals surface area contributed by atoms with Crippen LogP contribution in [-0.4, -0.2) is 16.5 Å². The summed E-state index contributed by atoms with van der Waals surface area (Å²) in [5.74, 6) is -1.78. The normalized spacial score (nSPS) is 11.8. The third kappa shape index (κ3) is 1.81. The van der Waals surface area contributed by atoms with Crippen LogP contribution in [0.15, 0.2) is 12.3 Å². The molecule has 0 unspecified atom stereocenters. The lowest BCUT2D eigenvalue weighted by Gasteiger charge is -2.06. The molecule has 0 bridgehead atoms. The number of hydrogen-bond acceptors (Lipinski definition) is 1. The topological polar surface area (TPSA) is 22.0 Å². The Balaban J connectivity index is 3.09. The molecule has 5 heteroatoms. The third-order valence-corrected chi connectivity index (χ3v) is 2.08. The number of halogens is 3. The van der Waals surface area contributed by atoms with Gasteiger partial charge in [0.25, 0.3) is 5.78 Å². The first-order valence-corrected chi connectivity index (χ1v) is 4.15. The molecule has 0 radical (unpaired) electrons. The highest BCUT2D eigenvalue weighted by molar-refractivity contribution is 6.01. The number of alkyl halides is 3. The molecule has 1 aromatic heterocycles. The van der Waals surface area contributed by atoms with Crippen molar-refractivity contribution in [2.75, 3.05) is 0 Å². The van der Waals surface area contributed by atoms with Gasteiger partial charge < -0.3 is 4.57 Å². The summed E-state index contributed by atoms with van der Waals surface area (Å²) in [6.07, 6.45) is -3.31. The van der Waals surface area contributed by atoms with Crippen LogP contribution in [0.25, 0.3) is 0 Å². The Labute approximate surface area is 79.3 Å². The van der Waals surface area contributed by atoms with Gasteiger partial charge in [0.1, 0.15) is 0 Å². The van der Waals surface area contributed by atoms with Gasteiger partial charge in [0.15, 0.2) is 0 Å². The second-order valence-electron chi connectivity index (χ2n) is 2.93. The Morgan fingerprint density at radius 1 is 1.50 bits per heavy atom. The molecule has 0 atom stereocenters. The Morgan fingerprint density at radius 2 is 2.07 bits per heavy atom. The Hall–Kier alpha value is -1.26. The minimum absolute atomic E-state index is 0.264. The van der Waals surface area contributed by atoms with Crippen molar-refractivity contribution in [1.29, 1.82) is 0 Å². The predicted octanol–water partition coefficient (Wildman–Crippen LogP) is 2.56. The van der Waals surface area contributed by atoms with Crippen LogP contribution in [0, 0.1) is 6.92 Å². The van der Waals surface area contributed by atoms with Crippen LogP contribution >= 0.6 is 0 Å². The molecule has 0 aliphatic heterocycles. The minimum Gasteiger partial charge on any atom is -0.351 e. The molecule has 14 heavy (non-hydrogen) atoms. The predicted molar refractivity (Wildman–Crippen MR) is 45.2 cm³/mol. The second-order valence-corrected chi connectivity index (χ2v) is 2.93. The average Bonchev–Trinajstić information content (AvgIpc) is 2.43. The maximum atomic E-state index is 12.1. The molecule has 0 amide bonds. The molecule has 0 spiro atoms. The van der Waals surface area contributed by atoms with E-state index in [0.717, 1.165) is 0 Å². The molecule has 2 nitrogen and oxygen atoms in total. The minimum atomic E-state index is -4.79. The van der Waals surface area contributed by atoms with Gasteiger partial charge in [-0.25, -0.2) is 0 Å². The standard InChI is InChI=1S/C9H10F3NO/c1-3-13-5-4-7(6(13)2)8(14)9(10,11)12/h4-5H,3H2,1-2H3. The number of rotatable bonds is 2. The number of aryl methyl sites for hydroxylation is 1. The lowest BCUT2D eigenvalue weighted by molar-refractivity contribution is -0.0885. The van der Waals surface area contributed by atoms with Gasteiger partial charge in [-0.3, -0.25) is 4.79 Å². The zero-order chi connectivity index (χ0) is 10.9. The van der Waals surface area contributed by atoms with Crippen molar-refractivity contribution in [3.8, 4) is 0 Å². The summed E-state index contributed by atoms with van der Waals surface area (Å²) < 4.78 is 37.8. The van der Waals surface area contributed by atoms with Crippen molar-refractivity contribution in [2.24, 2.45) is 0 Å². The molecule has 0 fully saturated rings. The van der Waals surface area contributed by atoms with Crippen molar-refractivity contribution in [3.05, 3.63) is 23.5 Å².